The number of carbonyl (C=O) groups excluding carboxylic acids is 2. The van der Waals surface area contributed by atoms with Gasteiger partial charge in [0, 0.05) is 15.7 Å². The van der Waals surface area contributed by atoms with Gasteiger partial charge >= 0.3 is 0 Å². The normalized spacial score (nSPS) is 16.6. The van der Waals surface area contributed by atoms with Crippen LogP contribution in [0.15, 0.2) is 47.4 Å². The third-order valence-electron chi connectivity index (χ3n) is 4.68. The molecule has 1 heterocycles. The van der Waals surface area contributed by atoms with Crippen LogP contribution in [0.4, 0.5) is 0 Å². The smallest absolute Gasteiger partial charge is 0.253 e. The third kappa shape index (κ3) is 5.85. The highest BCUT2D eigenvalue weighted by Crippen LogP contribution is 2.37. The second-order valence-electron chi connectivity index (χ2n) is 6.67. The molecule has 0 saturated heterocycles. The highest BCUT2D eigenvalue weighted by molar-refractivity contribution is 7.99. The number of benzene rings is 2. The number of fused-ring (bicyclic) bond motifs is 1. The van der Waals surface area contributed by atoms with Gasteiger partial charge in [-0.3, -0.25) is 9.59 Å². The summed E-state index contributed by atoms with van der Waals surface area (Å²) in [5.74, 6) is 1.13. The topological polar surface area (TPSA) is 58.2 Å². The Labute approximate surface area is 189 Å². The number of hydrogen-bond donors (Lipinski definition) is 2. The fourth-order valence-corrected chi connectivity index (χ4v) is 5.15. The standard InChI is InChI=1S/C21H22Cl2N2O2S2/c1-28-10-8-18(25-20(26)14-4-2-3-5-16(14)23)21(27)24-17-9-11-29-19-7-6-13(22)12-15(17)19/h2-7,12,17-18H,8-11H2,1H3,(H,24,27)(H,25,26). The zero-order valence-corrected chi connectivity index (χ0v) is 19.1. The van der Waals surface area contributed by atoms with E-state index in [1.807, 2.05) is 24.5 Å². The van der Waals surface area contributed by atoms with Gasteiger partial charge in [0.2, 0.25) is 5.91 Å². The van der Waals surface area contributed by atoms with Crippen LogP contribution in [-0.4, -0.2) is 35.6 Å². The molecule has 2 aromatic carbocycles. The molecule has 4 nitrogen and oxygen atoms in total. The molecule has 0 saturated carbocycles. The maximum atomic E-state index is 13.1. The predicted octanol–water partition coefficient (Wildman–Crippen LogP) is 5.20. The zero-order chi connectivity index (χ0) is 20.8. The Morgan fingerprint density at radius 3 is 2.79 bits per heavy atom. The monoisotopic (exact) mass is 468 g/mol. The molecule has 2 aromatic rings. The van der Waals surface area contributed by atoms with E-state index in [2.05, 4.69) is 10.6 Å². The van der Waals surface area contributed by atoms with Crippen LogP contribution in [0.25, 0.3) is 0 Å². The molecule has 0 fully saturated rings. The number of hydrogen-bond acceptors (Lipinski definition) is 4. The van der Waals surface area contributed by atoms with Crippen molar-refractivity contribution in [1.82, 2.24) is 10.6 Å². The molecule has 154 valence electrons. The van der Waals surface area contributed by atoms with Crippen LogP contribution in [-0.2, 0) is 4.79 Å². The maximum Gasteiger partial charge on any atom is 0.253 e. The average molecular weight is 469 g/mol. The predicted molar refractivity (Wildman–Crippen MR) is 123 cm³/mol. The molecule has 0 radical (unpaired) electrons. The van der Waals surface area contributed by atoms with E-state index in [0.29, 0.717) is 22.0 Å². The first-order chi connectivity index (χ1) is 14.0. The molecule has 29 heavy (non-hydrogen) atoms. The summed E-state index contributed by atoms with van der Waals surface area (Å²) in [5, 5.41) is 6.98. The molecule has 2 amide bonds. The van der Waals surface area contributed by atoms with Crippen LogP contribution in [0.3, 0.4) is 0 Å². The van der Waals surface area contributed by atoms with Gasteiger partial charge in [0.05, 0.1) is 16.6 Å². The first-order valence-electron chi connectivity index (χ1n) is 9.26. The highest BCUT2D eigenvalue weighted by Gasteiger charge is 2.27. The molecule has 2 unspecified atom stereocenters. The van der Waals surface area contributed by atoms with E-state index >= 15 is 0 Å². The van der Waals surface area contributed by atoms with Gasteiger partial charge in [0.1, 0.15) is 6.04 Å². The summed E-state index contributed by atoms with van der Waals surface area (Å²) < 4.78 is 0. The van der Waals surface area contributed by atoms with Crippen LogP contribution < -0.4 is 10.6 Å². The molecule has 8 heteroatoms. The van der Waals surface area contributed by atoms with Crippen LogP contribution in [0.2, 0.25) is 10.0 Å². The van der Waals surface area contributed by atoms with E-state index in [4.69, 9.17) is 23.2 Å². The number of carbonyl (C=O) groups is 2. The second kappa shape index (κ2) is 10.6. The Morgan fingerprint density at radius 1 is 1.24 bits per heavy atom. The van der Waals surface area contributed by atoms with E-state index in [9.17, 15) is 9.59 Å². The minimum atomic E-state index is -0.636. The Hall–Kier alpha value is -1.34. The highest BCUT2D eigenvalue weighted by atomic mass is 35.5. The molecule has 1 aliphatic heterocycles. The van der Waals surface area contributed by atoms with Crippen molar-refractivity contribution in [2.45, 2.75) is 29.8 Å². The van der Waals surface area contributed by atoms with Crippen molar-refractivity contribution >= 4 is 58.5 Å². The molecule has 2 N–H and O–H groups in total. The summed E-state index contributed by atoms with van der Waals surface area (Å²) in [5.41, 5.74) is 1.39. The fourth-order valence-electron chi connectivity index (χ4n) is 3.17. The number of amides is 2. The largest absolute Gasteiger partial charge is 0.347 e. The lowest BCUT2D eigenvalue weighted by molar-refractivity contribution is -0.123. The first-order valence-corrected chi connectivity index (χ1v) is 12.4. The molecular weight excluding hydrogens is 447 g/mol. The summed E-state index contributed by atoms with van der Waals surface area (Å²) in [7, 11) is 0. The summed E-state index contributed by atoms with van der Waals surface area (Å²) in [6.45, 7) is 0. The Morgan fingerprint density at radius 2 is 2.03 bits per heavy atom. The van der Waals surface area contributed by atoms with E-state index in [0.717, 1.165) is 28.4 Å². The number of rotatable bonds is 7. The maximum absolute atomic E-state index is 13.1. The van der Waals surface area contributed by atoms with Crippen molar-refractivity contribution in [3.63, 3.8) is 0 Å². The van der Waals surface area contributed by atoms with Crippen molar-refractivity contribution in [2.75, 3.05) is 17.8 Å². The summed E-state index contributed by atoms with van der Waals surface area (Å²) >= 11 is 15.7. The summed E-state index contributed by atoms with van der Waals surface area (Å²) in [4.78, 5) is 26.9. The van der Waals surface area contributed by atoms with Crippen LogP contribution in [0, 0.1) is 0 Å². The van der Waals surface area contributed by atoms with E-state index in [-0.39, 0.29) is 17.9 Å². The minimum Gasteiger partial charge on any atom is -0.347 e. The summed E-state index contributed by atoms with van der Waals surface area (Å²) in [6.07, 6.45) is 3.33. The Bertz CT molecular complexity index is 895. The van der Waals surface area contributed by atoms with Gasteiger partial charge in [-0.1, -0.05) is 35.3 Å². The quantitative estimate of drug-likeness (QED) is 0.586. The van der Waals surface area contributed by atoms with Crippen molar-refractivity contribution in [1.29, 1.82) is 0 Å². The lowest BCUT2D eigenvalue weighted by Crippen LogP contribution is -2.48. The van der Waals surface area contributed by atoms with Crippen molar-refractivity contribution < 1.29 is 9.59 Å². The molecule has 0 bridgehead atoms. The van der Waals surface area contributed by atoms with Gasteiger partial charge in [-0.05, 0) is 60.7 Å². The Balaban J connectivity index is 1.74. The lowest BCUT2D eigenvalue weighted by Gasteiger charge is -2.28. The number of thioether (sulfide) groups is 2. The molecule has 0 aliphatic carbocycles. The van der Waals surface area contributed by atoms with Gasteiger partial charge in [0.25, 0.3) is 5.91 Å². The second-order valence-corrected chi connectivity index (χ2v) is 9.63. The molecule has 1 aliphatic rings. The van der Waals surface area contributed by atoms with Gasteiger partial charge in [-0.2, -0.15) is 11.8 Å². The van der Waals surface area contributed by atoms with Crippen molar-refractivity contribution in [2.24, 2.45) is 0 Å². The van der Waals surface area contributed by atoms with Gasteiger partial charge < -0.3 is 10.6 Å². The fraction of sp³-hybridized carbons (Fsp3) is 0.333. The Kier molecular flexibility index (Phi) is 8.18. The van der Waals surface area contributed by atoms with Gasteiger partial charge in [0.15, 0.2) is 0 Å². The molecule has 3 rings (SSSR count). The number of nitrogens with one attached hydrogen (secondary N) is 2. The minimum absolute atomic E-state index is 0.119. The molecular formula is C21H22Cl2N2O2S2. The molecule has 0 aromatic heterocycles. The average Bonchev–Trinajstić information content (AvgIpc) is 2.71. The van der Waals surface area contributed by atoms with Crippen LogP contribution in [0.5, 0.6) is 0 Å². The zero-order valence-electron chi connectivity index (χ0n) is 15.9. The first kappa shape index (κ1) is 22.3. The van der Waals surface area contributed by atoms with E-state index < -0.39 is 6.04 Å². The van der Waals surface area contributed by atoms with Crippen LogP contribution in [0.1, 0.15) is 34.8 Å². The third-order valence-corrected chi connectivity index (χ3v) is 7.01. The SMILES string of the molecule is CSCCC(NC(=O)c1ccccc1Cl)C(=O)NC1CCSc2ccc(Cl)cc21. The van der Waals surface area contributed by atoms with Gasteiger partial charge in [-0.25, -0.2) is 0 Å². The van der Waals surface area contributed by atoms with Crippen molar-refractivity contribution in [3.8, 4) is 0 Å². The molecule has 0 spiro atoms. The lowest BCUT2D eigenvalue weighted by atomic mass is 10.0. The van der Waals surface area contributed by atoms with Gasteiger partial charge in [-0.15, -0.1) is 11.8 Å². The van der Waals surface area contributed by atoms with E-state index in [1.54, 1.807) is 47.8 Å². The van der Waals surface area contributed by atoms with Crippen molar-refractivity contribution in [3.05, 3.63) is 63.6 Å². The number of halogens is 2. The molecule has 2 atom stereocenters. The van der Waals surface area contributed by atoms with Crippen LogP contribution >= 0.6 is 46.7 Å². The summed E-state index contributed by atoms with van der Waals surface area (Å²) in [6, 6.07) is 11.8. The van der Waals surface area contributed by atoms with E-state index in [1.165, 1.54) is 0 Å².